The van der Waals surface area contributed by atoms with Crippen LogP contribution in [0.3, 0.4) is 0 Å². The normalized spacial score (nSPS) is 11.9. The van der Waals surface area contributed by atoms with Crippen molar-refractivity contribution in [3.63, 3.8) is 0 Å². The van der Waals surface area contributed by atoms with E-state index in [1.54, 1.807) is 13.8 Å². The van der Waals surface area contributed by atoms with E-state index in [0.29, 0.717) is 12.3 Å². The number of rotatable bonds is 2. The van der Waals surface area contributed by atoms with Gasteiger partial charge in [0.1, 0.15) is 0 Å². The molecule has 0 amide bonds. The molecule has 2 nitrogen and oxygen atoms in total. The van der Waals surface area contributed by atoms with Gasteiger partial charge in [-0.25, -0.2) is 0 Å². The Morgan fingerprint density at radius 2 is 1.57 bits per heavy atom. The lowest BCUT2D eigenvalue weighted by Gasteiger charge is -1.97. The van der Waals surface area contributed by atoms with Crippen LogP contribution in [0.4, 0.5) is 0 Å². The van der Waals surface area contributed by atoms with Crippen molar-refractivity contribution < 1.29 is 9.46 Å². The topological polar surface area (TPSA) is 37.0 Å². The fourth-order valence-electron chi connectivity index (χ4n) is 0.224. The summed E-state index contributed by atoms with van der Waals surface area (Å²) in [6.07, 6.45) is 0.590. The molecule has 0 aromatic heterocycles. The SMILES string of the molecule is CCP([O])(=O)CC. The van der Waals surface area contributed by atoms with Crippen LogP contribution in [0.2, 0.25) is 0 Å². The summed E-state index contributed by atoms with van der Waals surface area (Å²) in [6, 6.07) is 0. The number of hydrogen-bond donors (Lipinski definition) is 0. The van der Waals surface area contributed by atoms with Gasteiger partial charge in [0.15, 0.2) is 0 Å². The molecule has 0 aliphatic heterocycles. The Bertz CT molecular complexity index is 81.7. The maximum Gasteiger partial charge on any atom is 0.235 e. The maximum absolute atomic E-state index is 10.4. The Hall–Kier alpha value is 0.190. The highest BCUT2D eigenvalue weighted by atomic mass is 31.2. The van der Waals surface area contributed by atoms with Crippen LogP contribution in [0, 0.1) is 0 Å². The van der Waals surface area contributed by atoms with Crippen molar-refractivity contribution in [1.82, 2.24) is 0 Å². The second-order valence-corrected chi connectivity index (χ2v) is 4.34. The van der Waals surface area contributed by atoms with E-state index in [4.69, 9.17) is 0 Å². The summed E-state index contributed by atoms with van der Waals surface area (Å²) >= 11 is 0. The molecule has 0 aliphatic carbocycles. The second kappa shape index (κ2) is 2.49. The standard InChI is InChI=1S/C4H10O2P/c1-3-7(5,6)4-2/h3-4H2,1-2H3. The monoisotopic (exact) mass is 121 g/mol. The van der Waals surface area contributed by atoms with Crippen molar-refractivity contribution in [2.75, 3.05) is 12.3 Å². The third kappa shape index (κ3) is 2.84. The highest BCUT2D eigenvalue weighted by molar-refractivity contribution is 7.57. The molecule has 0 rings (SSSR count). The lowest BCUT2D eigenvalue weighted by atomic mass is 11.0. The predicted octanol–water partition coefficient (Wildman–Crippen LogP) is 1.73. The van der Waals surface area contributed by atoms with Gasteiger partial charge < -0.3 is 0 Å². The van der Waals surface area contributed by atoms with Gasteiger partial charge in [-0.2, -0.15) is 4.89 Å². The van der Waals surface area contributed by atoms with Crippen LogP contribution in [0.5, 0.6) is 0 Å². The molecule has 1 radical (unpaired) electrons. The van der Waals surface area contributed by atoms with E-state index in [0.717, 1.165) is 0 Å². The summed E-state index contributed by atoms with van der Waals surface area (Å²) in [5, 5.41) is 0. The first-order chi connectivity index (χ1) is 3.12. The summed E-state index contributed by atoms with van der Waals surface area (Å²) in [6.45, 7) is 3.33. The third-order valence-corrected chi connectivity index (χ3v) is 2.89. The van der Waals surface area contributed by atoms with Gasteiger partial charge in [-0.1, -0.05) is 13.8 Å². The van der Waals surface area contributed by atoms with Gasteiger partial charge in [-0.05, 0) is 0 Å². The molecule has 0 fully saturated rings. The zero-order valence-electron chi connectivity index (χ0n) is 4.68. The second-order valence-electron chi connectivity index (χ2n) is 1.45. The number of hydrogen-bond acceptors (Lipinski definition) is 1. The highest BCUT2D eigenvalue weighted by Crippen LogP contribution is 2.39. The summed E-state index contributed by atoms with van der Waals surface area (Å²) in [5.74, 6) is 0. The summed E-state index contributed by atoms with van der Waals surface area (Å²) in [5.41, 5.74) is 0. The van der Waals surface area contributed by atoms with Crippen LogP contribution >= 0.6 is 7.37 Å². The Labute approximate surface area is 44.0 Å². The van der Waals surface area contributed by atoms with Gasteiger partial charge in [-0.3, -0.25) is 4.57 Å². The highest BCUT2D eigenvalue weighted by Gasteiger charge is 2.11. The molecular weight excluding hydrogens is 111 g/mol. The molecule has 0 spiro atoms. The molecule has 0 aromatic carbocycles. The molecule has 43 valence electrons. The van der Waals surface area contributed by atoms with Gasteiger partial charge in [0.05, 0.1) is 0 Å². The van der Waals surface area contributed by atoms with Crippen LogP contribution in [0.1, 0.15) is 13.8 Å². The lowest BCUT2D eigenvalue weighted by Crippen LogP contribution is -1.82. The molecule has 3 heteroatoms. The molecule has 0 heterocycles. The van der Waals surface area contributed by atoms with E-state index in [-0.39, 0.29) is 0 Å². The van der Waals surface area contributed by atoms with Crippen molar-refractivity contribution in [3.05, 3.63) is 0 Å². The van der Waals surface area contributed by atoms with E-state index in [2.05, 4.69) is 0 Å². The van der Waals surface area contributed by atoms with Crippen molar-refractivity contribution in [1.29, 1.82) is 0 Å². The van der Waals surface area contributed by atoms with Crippen molar-refractivity contribution in [2.24, 2.45) is 0 Å². The summed E-state index contributed by atoms with van der Waals surface area (Å²) in [4.78, 5) is 10.4. The fraction of sp³-hybridized carbons (Fsp3) is 1.00. The Kier molecular flexibility index (Phi) is 2.55. The molecule has 7 heavy (non-hydrogen) atoms. The quantitative estimate of drug-likeness (QED) is 0.512. The average molecular weight is 121 g/mol. The van der Waals surface area contributed by atoms with E-state index >= 15 is 0 Å². The van der Waals surface area contributed by atoms with Crippen LogP contribution in [0.25, 0.3) is 0 Å². The third-order valence-electron chi connectivity index (χ3n) is 0.964. The summed E-state index contributed by atoms with van der Waals surface area (Å²) in [7, 11) is -2.90. The van der Waals surface area contributed by atoms with Gasteiger partial charge >= 0.3 is 0 Å². The van der Waals surface area contributed by atoms with Gasteiger partial charge in [0.2, 0.25) is 7.37 Å². The minimum atomic E-state index is -2.90. The zero-order chi connectivity index (χ0) is 5.91. The smallest absolute Gasteiger partial charge is 0.235 e. The first-order valence-corrected chi connectivity index (χ1v) is 4.41. The maximum atomic E-state index is 10.4. The first kappa shape index (κ1) is 7.19. The van der Waals surface area contributed by atoms with Gasteiger partial charge in [0.25, 0.3) is 0 Å². The molecule has 0 aliphatic rings. The molecule has 0 atom stereocenters. The van der Waals surface area contributed by atoms with E-state index in [1.165, 1.54) is 0 Å². The molecule has 0 saturated heterocycles. The Morgan fingerprint density at radius 3 is 1.57 bits per heavy atom. The van der Waals surface area contributed by atoms with Crippen LogP contribution in [0.15, 0.2) is 0 Å². The zero-order valence-corrected chi connectivity index (χ0v) is 5.57. The summed E-state index contributed by atoms with van der Waals surface area (Å²) < 4.78 is 10.4. The van der Waals surface area contributed by atoms with Crippen molar-refractivity contribution in [2.45, 2.75) is 13.8 Å². The fourth-order valence-corrected chi connectivity index (χ4v) is 0.671. The largest absolute Gasteiger partial charge is 0.290 e. The minimum Gasteiger partial charge on any atom is -0.290 e. The first-order valence-electron chi connectivity index (χ1n) is 2.41. The van der Waals surface area contributed by atoms with Crippen molar-refractivity contribution in [3.8, 4) is 0 Å². The van der Waals surface area contributed by atoms with E-state index in [1.807, 2.05) is 0 Å². The van der Waals surface area contributed by atoms with Crippen LogP contribution in [-0.4, -0.2) is 12.3 Å². The van der Waals surface area contributed by atoms with E-state index in [9.17, 15) is 9.46 Å². The van der Waals surface area contributed by atoms with Crippen molar-refractivity contribution >= 4 is 7.37 Å². The van der Waals surface area contributed by atoms with Crippen LogP contribution in [-0.2, 0) is 9.46 Å². The Balaban J connectivity index is 3.61. The average Bonchev–Trinajstić information content (AvgIpc) is 1.68. The van der Waals surface area contributed by atoms with Gasteiger partial charge in [-0.15, -0.1) is 0 Å². The van der Waals surface area contributed by atoms with Gasteiger partial charge in [0, 0.05) is 12.3 Å². The molecule has 0 N–H and O–H groups in total. The molecule has 0 aromatic rings. The predicted molar refractivity (Wildman–Crippen MR) is 29.4 cm³/mol. The molecular formula is C4H10O2P. The Morgan fingerprint density at radius 1 is 1.29 bits per heavy atom. The molecule has 0 unspecified atom stereocenters. The molecule has 0 bridgehead atoms. The minimum absolute atomic E-state index is 0.295. The van der Waals surface area contributed by atoms with Crippen LogP contribution < -0.4 is 0 Å². The lowest BCUT2D eigenvalue weighted by molar-refractivity contribution is 0.412. The molecule has 0 saturated carbocycles. The van der Waals surface area contributed by atoms with E-state index < -0.39 is 7.37 Å².